The highest BCUT2D eigenvalue weighted by molar-refractivity contribution is 6.31. The quantitative estimate of drug-likeness (QED) is 0.662. The molecule has 2 aromatic heterocycles. The van der Waals surface area contributed by atoms with Gasteiger partial charge in [0.2, 0.25) is 5.95 Å². The number of aryl methyl sites for hydroxylation is 2. The van der Waals surface area contributed by atoms with Crippen molar-refractivity contribution in [2.24, 2.45) is 0 Å². The molecule has 3 heterocycles. The van der Waals surface area contributed by atoms with Crippen molar-refractivity contribution >= 4 is 17.5 Å². The number of rotatable bonds is 3. The average molecular weight is 412 g/mol. The number of hydrogen-bond donors (Lipinski definition) is 0. The lowest BCUT2D eigenvalue weighted by molar-refractivity contribution is 0.571. The van der Waals surface area contributed by atoms with Crippen LogP contribution in [0.5, 0.6) is 0 Å². The van der Waals surface area contributed by atoms with Gasteiger partial charge >= 0.3 is 0 Å². The Bertz CT molecular complexity index is 1140. The summed E-state index contributed by atoms with van der Waals surface area (Å²) in [6, 6.07) is 6.05. The first-order valence-corrected chi connectivity index (χ1v) is 10.1. The van der Waals surface area contributed by atoms with E-state index in [0.717, 1.165) is 55.1 Å². The number of benzene rings is 1. The van der Waals surface area contributed by atoms with Crippen LogP contribution in [0.2, 0.25) is 5.02 Å². The molecule has 0 atom stereocenters. The molecule has 0 amide bonds. The van der Waals surface area contributed by atoms with Crippen LogP contribution in [-0.4, -0.2) is 32.8 Å². The molecule has 5 rings (SSSR count). The Morgan fingerprint density at radius 3 is 2.79 bits per heavy atom. The maximum absolute atomic E-state index is 14.2. The minimum absolute atomic E-state index is 0.0281. The lowest BCUT2D eigenvalue weighted by Gasteiger charge is -2.21. The monoisotopic (exact) mass is 411 g/mol. The number of aromatic nitrogens is 4. The third-order valence-corrected chi connectivity index (χ3v) is 5.93. The standard InChI is InChI=1S/C21H19ClFN5O/c22-16-4-3-5-17(23)15(16)12-28-19(29)10-13-6-7-18-14(20(13)26-28)11-24-21(25-18)27-8-1-2-9-27/h3-5,10-11H,1-2,6-9,12H2. The van der Waals surface area contributed by atoms with Gasteiger partial charge in [-0.2, -0.15) is 5.10 Å². The van der Waals surface area contributed by atoms with Crippen LogP contribution in [0, 0.1) is 5.82 Å². The molecular formula is C21H19ClFN5O. The molecule has 1 aromatic carbocycles. The minimum atomic E-state index is -0.456. The molecule has 148 valence electrons. The van der Waals surface area contributed by atoms with E-state index in [2.05, 4.69) is 15.0 Å². The van der Waals surface area contributed by atoms with Crippen LogP contribution in [0.15, 0.2) is 35.3 Å². The van der Waals surface area contributed by atoms with Gasteiger partial charge in [0.05, 0.1) is 17.9 Å². The highest BCUT2D eigenvalue weighted by Gasteiger charge is 2.24. The fraction of sp³-hybridized carbons (Fsp3) is 0.333. The Hall–Kier alpha value is -2.80. The second-order valence-electron chi connectivity index (χ2n) is 7.44. The van der Waals surface area contributed by atoms with Gasteiger partial charge in [0.15, 0.2) is 0 Å². The number of fused-ring (bicyclic) bond motifs is 3. The van der Waals surface area contributed by atoms with E-state index in [-0.39, 0.29) is 22.7 Å². The van der Waals surface area contributed by atoms with Crippen LogP contribution in [0.1, 0.15) is 29.7 Å². The average Bonchev–Trinajstić information content (AvgIpc) is 3.25. The maximum Gasteiger partial charge on any atom is 0.267 e. The SMILES string of the molecule is O=c1cc2c(nn1Cc1c(F)cccc1Cl)-c1cnc(N3CCCC3)nc1CC2. The molecule has 0 radical (unpaired) electrons. The molecule has 0 saturated carbocycles. The molecule has 0 N–H and O–H groups in total. The van der Waals surface area contributed by atoms with Crippen LogP contribution in [0.25, 0.3) is 11.3 Å². The number of nitrogens with zero attached hydrogens (tertiary/aromatic N) is 5. The number of hydrogen-bond acceptors (Lipinski definition) is 5. The fourth-order valence-corrected chi connectivity index (χ4v) is 4.23. The predicted octanol–water partition coefficient (Wildman–Crippen LogP) is 3.24. The van der Waals surface area contributed by atoms with Crippen molar-refractivity contribution in [3.63, 3.8) is 0 Å². The van der Waals surface area contributed by atoms with Crippen molar-refractivity contribution in [3.8, 4) is 11.3 Å². The number of anilines is 1. The minimum Gasteiger partial charge on any atom is -0.341 e. The molecule has 2 aliphatic rings. The van der Waals surface area contributed by atoms with Crippen LogP contribution in [0.3, 0.4) is 0 Å². The van der Waals surface area contributed by atoms with Gasteiger partial charge in [-0.3, -0.25) is 4.79 Å². The number of halogens is 2. The lowest BCUT2D eigenvalue weighted by atomic mass is 9.94. The van der Waals surface area contributed by atoms with Gasteiger partial charge in [0, 0.05) is 41.5 Å². The van der Waals surface area contributed by atoms with Gasteiger partial charge in [-0.1, -0.05) is 17.7 Å². The Balaban J connectivity index is 1.55. The summed E-state index contributed by atoms with van der Waals surface area (Å²) in [5.74, 6) is 0.305. The van der Waals surface area contributed by atoms with E-state index in [1.165, 1.54) is 16.8 Å². The fourth-order valence-electron chi connectivity index (χ4n) is 4.01. The van der Waals surface area contributed by atoms with Gasteiger partial charge in [0.1, 0.15) is 5.82 Å². The van der Waals surface area contributed by atoms with Crippen molar-refractivity contribution < 1.29 is 4.39 Å². The second kappa shape index (κ2) is 7.22. The predicted molar refractivity (Wildman–Crippen MR) is 109 cm³/mol. The maximum atomic E-state index is 14.2. The summed E-state index contributed by atoms with van der Waals surface area (Å²) in [6.45, 7) is 1.94. The van der Waals surface area contributed by atoms with E-state index in [4.69, 9.17) is 16.6 Å². The van der Waals surface area contributed by atoms with Gasteiger partial charge < -0.3 is 4.90 Å². The van der Waals surface area contributed by atoms with Gasteiger partial charge in [0.25, 0.3) is 5.56 Å². The van der Waals surface area contributed by atoms with E-state index in [0.29, 0.717) is 12.1 Å². The zero-order chi connectivity index (χ0) is 20.0. The zero-order valence-corrected chi connectivity index (χ0v) is 16.5. The summed E-state index contributed by atoms with van der Waals surface area (Å²) in [4.78, 5) is 24.1. The first-order valence-electron chi connectivity index (χ1n) is 9.75. The molecule has 1 saturated heterocycles. The molecule has 0 bridgehead atoms. The Morgan fingerprint density at radius 1 is 1.17 bits per heavy atom. The summed E-state index contributed by atoms with van der Waals surface area (Å²) < 4.78 is 15.4. The van der Waals surface area contributed by atoms with E-state index in [9.17, 15) is 9.18 Å². The van der Waals surface area contributed by atoms with Crippen molar-refractivity contribution in [3.05, 3.63) is 68.5 Å². The molecule has 29 heavy (non-hydrogen) atoms. The smallest absolute Gasteiger partial charge is 0.267 e. The van der Waals surface area contributed by atoms with Crippen molar-refractivity contribution in [2.45, 2.75) is 32.2 Å². The van der Waals surface area contributed by atoms with Crippen molar-refractivity contribution in [1.82, 2.24) is 19.7 Å². The van der Waals surface area contributed by atoms with Crippen molar-refractivity contribution in [2.75, 3.05) is 18.0 Å². The molecule has 8 heteroatoms. The summed E-state index contributed by atoms with van der Waals surface area (Å²) >= 11 is 6.13. The molecule has 1 fully saturated rings. The lowest BCUT2D eigenvalue weighted by Crippen LogP contribution is -2.27. The highest BCUT2D eigenvalue weighted by Crippen LogP contribution is 2.31. The molecular weight excluding hydrogens is 393 g/mol. The third kappa shape index (κ3) is 3.29. The third-order valence-electron chi connectivity index (χ3n) is 5.58. The Labute approximate surface area is 172 Å². The van der Waals surface area contributed by atoms with Crippen LogP contribution in [-0.2, 0) is 19.4 Å². The first kappa shape index (κ1) is 18.2. The second-order valence-corrected chi connectivity index (χ2v) is 7.85. The van der Waals surface area contributed by atoms with Gasteiger partial charge in [-0.25, -0.2) is 19.0 Å². The van der Waals surface area contributed by atoms with Crippen LogP contribution in [0.4, 0.5) is 10.3 Å². The summed E-state index contributed by atoms with van der Waals surface area (Å²) in [5, 5.41) is 4.82. The Morgan fingerprint density at radius 2 is 2.00 bits per heavy atom. The molecule has 0 unspecified atom stereocenters. The normalized spacial score (nSPS) is 15.3. The molecule has 0 spiro atoms. The van der Waals surface area contributed by atoms with Gasteiger partial charge in [-0.15, -0.1) is 0 Å². The molecule has 6 nitrogen and oxygen atoms in total. The highest BCUT2D eigenvalue weighted by atomic mass is 35.5. The first-order chi connectivity index (χ1) is 14.1. The van der Waals surface area contributed by atoms with E-state index >= 15 is 0 Å². The van der Waals surface area contributed by atoms with E-state index < -0.39 is 5.82 Å². The molecule has 1 aliphatic heterocycles. The Kier molecular flexibility index (Phi) is 4.54. The zero-order valence-electron chi connectivity index (χ0n) is 15.7. The van der Waals surface area contributed by atoms with E-state index in [1.807, 2.05) is 0 Å². The van der Waals surface area contributed by atoms with Crippen LogP contribution < -0.4 is 10.5 Å². The van der Waals surface area contributed by atoms with Crippen LogP contribution >= 0.6 is 11.6 Å². The molecule has 3 aromatic rings. The van der Waals surface area contributed by atoms with Crippen molar-refractivity contribution in [1.29, 1.82) is 0 Å². The molecule has 1 aliphatic carbocycles. The van der Waals surface area contributed by atoms with Gasteiger partial charge in [-0.05, 0) is 43.4 Å². The topological polar surface area (TPSA) is 63.9 Å². The summed E-state index contributed by atoms with van der Waals surface area (Å²) in [7, 11) is 0. The largest absolute Gasteiger partial charge is 0.341 e. The summed E-state index contributed by atoms with van der Waals surface area (Å²) in [6.07, 6.45) is 5.57. The summed E-state index contributed by atoms with van der Waals surface area (Å²) in [5.41, 5.74) is 3.31. The van der Waals surface area contributed by atoms with E-state index in [1.54, 1.807) is 18.3 Å².